The van der Waals surface area contributed by atoms with Crippen LogP contribution in [0.4, 0.5) is 5.69 Å². The number of para-hydroxylation sites is 2. The van der Waals surface area contributed by atoms with Crippen molar-refractivity contribution in [3.05, 3.63) is 89.5 Å². The molecule has 3 aromatic carbocycles. The van der Waals surface area contributed by atoms with Gasteiger partial charge in [-0.3, -0.25) is 13.9 Å². The summed E-state index contributed by atoms with van der Waals surface area (Å²) < 4.78 is 35.0. The highest BCUT2D eigenvalue weighted by atomic mass is 32.2. The lowest BCUT2D eigenvalue weighted by Crippen LogP contribution is -2.51. The number of benzene rings is 3. The number of carbonyl (C=O) groups is 2. The third-order valence-electron chi connectivity index (χ3n) is 6.78. The van der Waals surface area contributed by atoms with Gasteiger partial charge in [0.25, 0.3) is 10.0 Å². The van der Waals surface area contributed by atoms with E-state index in [0.29, 0.717) is 18.9 Å². The third-order valence-corrected chi connectivity index (χ3v) is 8.55. The fraction of sp³-hybridized carbons (Fsp3) is 0.375. The van der Waals surface area contributed by atoms with Gasteiger partial charge in [-0.1, -0.05) is 67.9 Å². The van der Waals surface area contributed by atoms with Crippen LogP contribution in [0.3, 0.4) is 0 Å². The number of nitrogens with one attached hydrogen (secondary N) is 1. The van der Waals surface area contributed by atoms with Crippen LogP contribution in [0, 0.1) is 19.8 Å². The number of carbonyl (C=O) groups excluding carboxylic acids is 2. The molecule has 0 saturated heterocycles. The summed E-state index contributed by atoms with van der Waals surface area (Å²) in [5.41, 5.74) is 2.99. The van der Waals surface area contributed by atoms with E-state index in [1.165, 1.54) is 17.0 Å². The molecule has 0 aliphatic rings. The number of anilines is 1. The van der Waals surface area contributed by atoms with Crippen molar-refractivity contribution < 1.29 is 22.7 Å². The molecule has 0 aliphatic heterocycles. The van der Waals surface area contributed by atoms with Crippen LogP contribution >= 0.6 is 0 Å². The van der Waals surface area contributed by atoms with E-state index in [-0.39, 0.29) is 29.0 Å². The maximum Gasteiger partial charge on any atom is 0.264 e. The highest BCUT2D eigenvalue weighted by Crippen LogP contribution is 2.33. The van der Waals surface area contributed by atoms with Crippen molar-refractivity contribution in [2.45, 2.75) is 59.0 Å². The van der Waals surface area contributed by atoms with Crippen molar-refractivity contribution in [3.8, 4) is 5.75 Å². The summed E-state index contributed by atoms with van der Waals surface area (Å²) in [6, 6.07) is 20.0. The quantitative estimate of drug-likeness (QED) is 0.305. The summed E-state index contributed by atoms with van der Waals surface area (Å²) >= 11 is 0. The van der Waals surface area contributed by atoms with E-state index in [2.05, 4.69) is 5.32 Å². The van der Waals surface area contributed by atoms with Crippen molar-refractivity contribution in [1.29, 1.82) is 0 Å². The summed E-state index contributed by atoms with van der Waals surface area (Å²) in [5, 5.41) is 2.91. The van der Waals surface area contributed by atoms with Crippen molar-refractivity contribution in [1.82, 2.24) is 10.2 Å². The molecule has 9 heteroatoms. The Balaban J connectivity index is 2.07. The van der Waals surface area contributed by atoms with Crippen molar-refractivity contribution >= 4 is 27.5 Å². The lowest BCUT2D eigenvalue weighted by Gasteiger charge is -2.32. The predicted molar refractivity (Wildman–Crippen MR) is 162 cm³/mol. The number of aryl methyl sites for hydroxylation is 2. The minimum Gasteiger partial charge on any atom is -0.492 e. The van der Waals surface area contributed by atoms with Crippen LogP contribution in [-0.2, 0) is 26.2 Å². The first-order chi connectivity index (χ1) is 19.4. The van der Waals surface area contributed by atoms with Gasteiger partial charge in [0.2, 0.25) is 11.8 Å². The molecule has 1 atom stereocenters. The monoisotopic (exact) mass is 579 g/mol. The molecule has 0 fully saturated rings. The van der Waals surface area contributed by atoms with Crippen LogP contribution in [0.25, 0.3) is 0 Å². The third kappa shape index (κ3) is 8.10. The fourth-order valence-corrected chi connectivity index (χ4v) is 5.72. The van der Waals surface area contributed by atoms with Gasteiger partial charge in [0.1, 0.15) is 18.3 Å². The first-order valence-electron chi connectivity index (χ1n) is 13.9. The highest BCUT2D eigenvalue weighted by molar-refractivity contribution is 7.92. The van der Waals surface area contributed by atoms with Crippen molar-refractivity contribution in [3.63, 3.8) is 0 Å². The molecule has 3 rings (SSSR count). The molecule has 3 aromatic rings. The molecule has 8 nitrogen and oxygen atoms in total. The van der Waals surface area contributed by atoms with Gasteiger partial charge in [0, 0.05) is 13.1 Å². The van der Waals surface area contributed by atoms with E-state index in [0.717, 1.165) is 21.0 Å². The second-order valence-electron chi connectivity index (χ2n) is 10.5. The Labute approximate surface area is 244 Å². The van der Waals surface area contributed by atoms with Gasteiger partial charge < -0.3 is 15.0 Å². The number of hydrogen-bond acceptors (Lipinski definition) is 5. The van der Waals surface area contributed by atoms with Gasteiger partial charge in [-0.05, 0) is 69.0 Å². The van der Waals surface area contributed by atoms with Crippen LogP contribution in [0.5, 0.6) is 5.75 Å². The topological polar surface area (TPSA) is 96.0 Å². The van der Waals surface area contributed by atoms with Crippen LogP contribution in [-0.4, -0.2) is 50.9 Å². The first kappa shape index (κ1) is 31.7. The summed E-state index contributed by atoms with van der Waals surface area (Å²) in [6.45, 7) is 11.7. The zero-order valence-electron chi connectivity index (χ0n) is 24.8. The lowest BCUT2D eigenvalue weighted by atomic mass is 10.1. The van der Waals surface area contributed by atoms with Crippen LogP contribution < -0.4 is 14.4 Å². The Morgan fingerprint density at radius 3 is 2.17 bits per heavy atom. The average Bonchev–Trinajstić information content (AvgIpc) is 2.94. The number of hydrogen-bond donors (Lipinski definition) is 1. The van der Waals surface area contributed by atoms with Gasteiger partial charge in [-0.2, -0.15) is 0 Å². The van der Waals surface area contributed by atoms with E-state index in [1.807, 2.05) is 58.9 Å². The van der Waals surface area contributed by atoms with Crippen LogP contribution in [0.1, 0.15) is 44.4 Å². The number of amides is 2. The second-order valence-corrected chi connectivity index (χ2v) is 12.4. The molecule has 0 aliphatic carbocycles. The number of ether oxygens (including phenoxy) is 1. The molecule has 41 heavy (non-hydrogen) atoms. The minimum absolute atomic E-state index is 0.0513. The molecule has 0 heterocycles. The van der Waals surface area contributed by atoms with Gasteiger partial charge in [-0.25, -0.2) is 8.42 Å². The molecule has 220 valence electrons. The fourth-order valence-electron chi connectivity index (χ4n) is 4.30. The molecule has 0 bridgehead atoms. The molecule has 0 saturated carbocycles. The molecule has 0 radical (unpaired) electrons. The average molecular weight is 580 g/mol. The van der Waals surface area contributed by atoms with E-state index < -0.39 is 28.5 Å². The van der Waals surface area contributed by atoms with E-state index >= 15 is 0 Å². The SMILES string of the molecule is CCOc1ccccc1N(CC(=O)N(Cc1ccccc1C)C(C)C(=O)NCC(C)C)S(=O)(=O)c1ccc(C)cc1. The summed E-state index contributed by atoms with van der Waals surface area (Å²) in [6.07, 6.45) is 0. The Morgan fingerprint density at radius 1 is 0.902 bits per heavy atom. The minimum atomic E-state index is -4.18. The summed E-state index contributed by atoms with van der Waals surface area (Å²) in [5.74, 6) is -0.241. The summed E-state index contributed by atoms with van der Waals surface area (Å²) in [7, 11) is -4.18. The highest BCUT2D eigenvalue weighted by Gasteiger charge is 2.34. The van der Waals surface area contributed by atoms with Crippen molar-refractivity contribution in [2.75, 3.05) is 24.0 Å². The zero-order valence-corrected chi connectivity index (χ0v) is 25.6. The predicted octanol–water partition coefficient (Wildman–Crippen LogP) is 5.09. The van der Waals surface area contributed by atoms with Gasteiger partial charge >= 0.3 is 0 Å². The number of rotatable bonds is 13. The first-order valence-corrected chi connectivity index (χ1v) is 15.3. The number of sulfonamides is 1. The van der Waals surface area contributed by atoms with E-state index in [9.17, 15) is 18.0 Å². The molecular formula is C32H41N3O5S. The molecule has 1 N–H and O–H groups in total. The smallest absolute Gasteiger partial charge is 0.264 e. The van der Waals surface area contributed by atoms with E-state index in [1.54, 1.807) is 43.3 Å². The Bertz CT molecular complexity index is 1440. The number of nitrogens with zero attached hydrogens (tertiary/aromatic N) is 2. The van der Waals surface area contributed by atoms with Gasteiger partial charge in [-0.15, -0.1) is 0 Å². The maximum absolute atomic E-state index is 14.1. The largest absolute Gasteiger partial charge is 0.492 e. The van der Waals surface area contributed by atoms with Gasteiger partial charge in [0.05, 0.1) is 17.2 Å². The Kier molecular flexibility index (Phi) is 10.9. The maximum atomic E-state index is 14.1. The Hall–Kier alpha value is -3.85. The second kappa shape index (κ2) is 14.2. The molecule has 0 aromatic heterocycles. The van der Waals surface area contributed by atoms with Gasteiger partial charge in [0.15, 0.2) is 0 Å². The van der Waals surface area contributed by atoms with E-state index in [4.69, 9.17) is 4.74 Å². The van der Waals surface area contributed by atoms with Crippen LogP contribution in [0.2, 0.25) is 0 Å². The standard InChI is InChI=1S/C32H41N3O5S/c1-7-40-30-15-11-10-14-29(30)35(41(38,39)28-18-16-24(4)17-19-28)22-31(36)34(21-27-13-9-8-12-25(27)5)26(6)32(37)33-20-23(2)3/h8-19,23,26H,7,20-22H2,1-6H3,(H,33,37). The molecular weight excluding hydrogens is 538 g/mol. The van der Waals surface area contributed by atoms with Crippen LogP contribution in [0.15, 0.2) is 77.7 Å². The van der Waals surface area contributed by atoms with Crippen molar-refractivity contribution in [2.24, 2.45) is 5.92 Å². The Morgan fingerprint density at radius 2 is 1.54 bits per heavy atom. The summed E-state index contributed by atoms with van der Waals surface area (Å²) in [4.78, 5) is 28.8. The molecule has 0 spiro atoms. The zero-order chi connectivity index (χ0) is 30.2. The lowest BCUT2D eigenvalue weighted by molar-refractivity contribution is -0.139. The molecule has 1 unspecified atom stereocenters. The molecule has 2 amide bonds. The normalized spacial score (nSPS) is 12.1.